The predicted molar refractivity (Wildman–Crippen MR) is 245 cm³/mol. The Morgan fingerprint density at radius 3 is 0.767 bits per heavy atom. The Morgan fingerprint density at radius 2 is 0.583 bits per heavy atom. The quantitative estimate of drug-likeness (QED) is 0.102. The van der Waals surface area contributed by atoms with Crippen molar-refractivity contribution in [3.8, 4) is 0 Å². The van der Waals surface area contributed by atoms with Crippen molar-refractivity contribution in [1.29, 1.82) is 0 Å². The van der Waals surface area contributed by atoms with Crippen LogP contribution in [-0.4, -0.2) is 78.9 Å². The zero-order valence-corrected chi connectivity index (χ0v) is 47.8. The minimum atomic E-state index is -4.17. The topological polar surface area (TPSA) is 145 Å². The van der Waals surface area contributed by atoms with Crippen LogP contribution < -0.4 is 0 Å². The van der Waals surface area contributed by atoms with E-state index in [2.05, 4.69) is 96.9 Å². The zero-order chi connectivity index (χ0) is 44.4. The highest BCUT2D eigenvalue weighted by molar-refractivity contribution is 8.13. The first-order valence-corrected chi connectivity index (χ1v) is 39.8. The van der Waals surface area contributed by atoms with Gasteiger partial charge in [0.2, 0.25) is 0 Å². The maximum absolute atomic E-state index is 12.2. The Bertz CT molecular complexity index is 1630. The molecule has 8 bridgehead atoms. The van der Waals surface area contributed by atoms with Crippen LogP contribution in [-0.2, 0) is 64.9 Å². The van der Waals surface area contributed by atoms with E-state index >= 15 is 0 Å². The van der Waals surface area contributed by atoms with E-state index in [9.17, 15) is 8.42 Å². The van der Waals surface area contributed by atoms with E-state index in [0.717, 1.165) is 5.56 Å². The van der Waals surface area contributed by atoms with Crippen molar-refractivity contribution in [3.63, 3.8) is 0 Å². The molecule has 0 aliphatic carbocycles. The summed E-state index contributed by atoms with van der Waals surface area (Å²) in [5, 5.41) is 0. The molecule has 24 heteroatoms. The van der Waals surface area contributed by atoms with Crippen molar-refractivity contribution in [2.75, 3.05) is 0 Å². The van der Waals surface area contributed by atoms with Crippen molar-refractivity contribution in [1.82, 2.24) is 0 Å². The number of rotatable bonds is 18. The highest BCUT2D eigenvalue weighted by atomic mass is 35.7. The maximum atomic E-state index is 12.2. The smallest absolute Gasteiger partial charge is 0.373 e. The van der Waals surface area contributed by atoms with Gasteiger partial charge in [0.1, 0.15) is 0 Å². The molecule has 0 N–H and O–H groups in total. The monoisotopic (exact) mass is 1020 g/mol. The van der Waals surface area contributed by atoms with E-state index in [1.807, 2.05) is 0 Å². The lowest BCUT2D eigenvalue weighted by molar-refractivity contribution is -0.0340. The molecule has 6 aliphatic heterocycles. The fraction of sp³-hybridized carbons (Fsp3) is 0.833. The van der Waals surface area contributed by atoms with Gasteiger partial charge in [0.05, 0.1) is 4.90 Å². The lowest BCUT2D eigenvalue weighted by atomic mass is 10.2. The molecule has 7 rings (SSSR count). The zero-order valence-electron chi connectivity index (χ0n) is 38.2. The van der Waals surface area contributed by atoms with E-state index < -0.39 is 79.5 Å². The molecule has 0 spiro atoms. The molecular formula is C36H71ClO14SSi8. The molecule has 6 fully saturated rings. The van der Waals surface area contributed by atoms with Crippen LogP contribution in [0.4, 0.5) is 0 Å². The van der Waals surface area contributed by atoms with Crippen LogP contribution in [0.3, 0.4) is 0 Å². The number of halogens is 1. The number of hydrogen-bond acceptors (Lipinski definition) is 14. The molecule has 14 nitrogen and oxygen atoms in total. The third-order valence-corrected chi connectivity index (χ3v) is 51.6. The largest absolute Gasteiger partial charge is 0.479 e. The second-order valence-corrected chi connectivity index (χ2v) is 47.1. The van der Waals surface area contributed by atoms with E-state index in [4.69, 9.17) is 60.1 Å². The standard InChI is InChI=1S/C36H71ClO14SSi8/c1-28(2)21-54-40-53(20-19-35-15-17-36(18-16-35)52(37,38)39)41-55(22-29(3)4)45-57(43-54,24-31(7)8)49-60(27-34(13)14)50-58(44-54,25-32(9)10)46-56(42-53,23-30(5)6)48-59(47-55,51-60)26-33(11)12/h15-18,28-34H,19-27H2,1-14H3. The predicted octanol–water partition coefficient (Wildman–Crippen LogP) is 9.53. The molecule has 1 aromatic rings. The molecule has 6 saturated heterocycles. The van der Waals surface area contributed by atoms with Gasteiger partial charge < -0.3 is 49.4 Å². The highest BCUT2D eigenvalue weighted by Gasteiger charge is 2.83. The highest BCUT2D eigenvalue weighted by Crippen LogP contribution is 2.56. The van der Waals surface area contributed by atoms with Gasteiger partial charge in [0.25, 0.3) is 9.05 Å². The number of hydrogen-bond donors (Lipinski definition) is 0. The van der Waals surface area contributed by atoms with Crippen LogP contribution in [0.1, 0.15) is 102 Å². The van der Waals surface area contributed by atoms with Crippen molar-refractivity contribution < 1.29 is 57.8 Å². The fourth-order valence-electron chi connectivity index (χ4n) is 8.99. The van der Waals surface area contributed by atoms with E-state index in [1.165, 1.54) is 12.1 Å². The minimum Gasteiger partial charge on any atom is -0.373 e. The summed E-state index contributed by atoms with van der Waals surface area (Å²) in [6.45, 7) is 29.9. The first-order chi connectivity index (χ1) is 27.6. The van der Waals surface area contributed by atoms with E-state index in [0.29, 0.717) is 48.7 Å². The average Bonchev–Trinajstić information content (AvgIpc) is 2.97. The van der Waals surface area contributed by atoms with Crippen molar-refractivity contribution >= 4 is 90.2 Å². The summed E-state index contributed by atoms with van der Waals surface area (Å²) in [4.78, 5) is 0.0178. The lowest BCUT2D eigenvalue weighted by Crippen LogP contribution is -2.88. The van der Waals surface area contributed by atoms with Gasteiger partial charge in [-0.25, -0.2) is 8.42 Å². The van der Waals surface area contributed by atoms with Crippen LogP contribution in [0.25, 0.3) is 0 Å². The van der Waals surface area contributed by atoms with E-state index in [-0.39, 0.29) is 52.4 Å². The molecule has 0 unspecified atom stereocenters. The molecule has 0 atom stereocenters. The Labute approximate surface area is 373 Å². The van der Waals surface area contributed by atoms with E-state index in [1.54, 1.807) is 12.1 Å². The Kier molecular flexibility index (Phi) is 15.1. The first kappa shape index (κ1) is 50.1. The average molecular weight is 1020 g/mol. The SMILES string of the molecule is CC(C)C[Si]12O[Si]3(CCc4ccc(S(=O)(=O)Cl)cc4)O[Si]4(CC(C)C)O[Si](CC(C)C)(O1)O[Si]1(CC(C)C)O[Si](CC(C)C)(O2)O[Si](CC(C)C)(O3)O[Si](CC(C)C)(O4)O1. The summed E-state index contributed by atoms with van der Waals surface area (Å²) in [7, 11) is -30.5. The summed E-state index contributed by atoms with van der Waals surface area (Å²) in [5.74, 6) is 0.457. The van der Waals surface area contributed by atoms with Crippen molar-refractivity contribution in [2.24, 2.45) is 41.4 Å². The van der Waals surface area contributed by atoms with Gasteiger partial charge >= 0.3 is 70.4 Å². The molecule has 6 heterocycles. The van der Waals surface area contributed by atoms with Crippen LogP contribution in [0.15, 0.2) is 29.2 Å². The molecule has 344 valence electrons. The maximum Gasteiger partial charge on any atom is 0.479 e. The Morgan fingerprint density at radius 1 is 0.383 bits per heavy atom. The summed E-state index contributed by atoms with van der Waals surface area (Å²) in [6, 6.07) is 9.75. The second kappa shape index (κ2) is 18.1. The molecule has 0 radical (unpaired) electrons. The van der Waals surface area contributed by atoms with Crippen molar-refractivity contribution in [2.45, 2.75) is 157 Å². The fourth-order valence-corrected chi connectivity index (χ4v) is 61.3. The Balaban J connectivity index is 1.71. The minimum absolute atomic E-state index is 0.0178. The number of benzene rings is 1. The van der Waals surface area contributed by atoms with Gasteiger partial charge in [0, 0.05) is 59.0 Å². The van der Waals surface area contributed by atoms with Crippen LogP contribution in [0, 0.1) is 41.4 Å². The van der Waals surface area contributed by atoms with Crippen molar-refractivity contribution in [3.05, 3.63) is 29.8 Å². The molecule has 0 amide bonds. The van der Waals surface area contributed by atoms with Gasteiger partial charge in [-0.2, -0.15) is 0 Å². The molecule has 1 aromatic carbocycles. The van der Waals surface area contributed by atoms with Gasteiger partial charge in [-0.3, -0.25) is 0 Å². The summed E-state index contributed by atoms with van der Waals surface area (Å²) in [5.41, 5.74) is 0.837. The summed E-state index contributed by atoms with van der Waals surface area (Å²) < 4.78 is 118. The second-order valence-electron chi connectivity index (χ2n) is 20.5. The Hall–Kier alpha value is 0.715. The van der Waals surface area contributed by atoms with Gasteiger partial charge in [0.15, 0.2) is 0 Å². The van der Waals surface area contributed by atoms with Gasteiger partial charge in [-0.05, 0) is 65.5 Å². The third-order valence-electron chi connectivity index (χ3n) is 10.3. The van der Waals surface area contributed by atoms with Crippen LogP contribution in [0.5, 0.6) is 0 Å². The number of aryl methyl sites for hydroxylation is 1. The summed E-state index contributed by atoms with van der Waals surface area (Å²) in [6.07, 6.45) is 0.394. The van der Waals surface area contributed by atoms with Gasteiger partial charge in [-0.1, -0.05) is 109 Å². The lowest BCUT2D eigenvalue weighted by Gasteiger charge is -2.64. The molecular weight excluding hydrogens is 949 g/mol. The normalized spacial score (nSPS) is 38.1. The van der Waals surface area contributed by atoms with Crippen LogP contribution >= 0.6 is 10.7 Å². The first-order valence-electron chi connectivity index (χ1n) is 22.0. The van der Waals surface area contributed by atoms with Crippen LogP contribution in [0.2, 0.25) is 48.4 Å². The third kappa shape index (κ3) is 11.6. The molecule has 6 aliphatic rings. The molecule has 0 aromatic heterocycles. The summed E-state index contributed by atoms with van der Waals surface area (Å²) >= 11 is 0. The molecule has 0 saturated carbocycles. The molecule has 60 heavy (non-hydrogen) atoms. The van der Waals surface area contributed by atoms with Gasteiger partial charge in [-0.15, -0.1) is 0 Å².